The van der Waals surface area contributed by atoms with E-state index in [0.29, 0.717) is 23.4 Å². The SMILES string of the molecule is CC(=O)Nc1c2n(c3ccc(F)cc13)C[C@](C)(C(=O)NCCC(C)C)N(Cc1cccs1)C2=O. The molecule has 1 atom stereocenters. The molecule has 9 heteroatoms. The van der Waals surface area contributed by atoms with Crippen molar-refractivity contribution in [3.63, 3.8) is 0 Å². The third-order valence-corrected chi connectivity index (χ3v) is 7.09. The molecule has 180 valence electrons. The van der Waals surface area contributed by atoms with Gasteiger partial charge in [0.05, 0.1) is 24.3 Å². The van der Waals surface area contributed by atoms with Gasteiger partial charge in [-0.25, -0.2) is 4.39 Å². The van der Waals surface area contributed by atoms with Gasteiger partial charge in [0.25, 0.3) is 5.91 Å². The highest BCUT2D eigenvalue weighted by Gasteiger charge is 2.49. The lowest BCUT2D eigenvalue weighted by Crippen LogP contribution is -2.63. The number of hydrogen-bond acceptors (Lipinski definition) is 4. The van der Waals surface area contributed by atoms with Gasteiger partial charge < -0.3 is 20.1 Å². The second-order valence-corrected chi connectivity index (χ2v) is 10.4. The summed E-state index contributed by atoms with van der Waals surface area (Å²) in [4.78, 5) is 42.0. The summed E-state index contributed by atoms with van der Waals surface area (Å²) in [6.45, 7) is 8.21. The van der Waals surface area contributed by atoms with Crippen molar-refractivity contribution >= 4 is 45.6 Å². The first-order chi connectivity index (χ1) is 16.1. The highest BCUT2D eigenvalue weighted by Crippen LogP contribution is 2.40. The molecule has 0 unspecified atom stereocenters. The van der Waals surface area contributed by atoms with Crippen LogP contribution in [0, 0.1) is 11.7 Å². The van der Waals surface area contributed by atoms with Crippen molar-refractivity contribution in [1.82, 2.24) is 14.8 Å². The summed E-state index contributed by atoms with van der Waals surface area (Å²) in [6, 6.07) is 8.03. The van der Waals surface area contributed by atoms with Crippen LogP contribution >= 0.6 is 11.3 Å². The summed E-state index contributed by atoms with van der Waals surface area (Å²) in [5.41, 5.74) is -0.0745. The Hall–Kier alpha value is -3.20. The smallest absolute Gasteiger partial charge is 0.273 e. The van der Waals surface area contributed by atoms with E-state index in [0.717, 1.165) is 11.3 Å². The van der Waals surface area contributed by atoms with Gasteiger partial charge in [-0.3, -0.25) is 14.4 Å². The minimum absolute atomic E-state index is 0.175. The number of aromatic nitrogens is 1. The van der Waals surface area contributed by atoms with E-state index in [4.69, 9.17) is 0 Å². The van der Waals surface area contributed by atoms with Gasteiger partial charge in [0, 0.05) is 23.7 Å². The van der Waals surface area contributed by atoms with E-state index in [1.165, 1.54) is 30.4 Å². The third kappa shape index (κ3) is 4.32. The molecule has 3 aromatic rings. The van der Waals surface area contributed by atoms with Crippen LogP contribution < -0.4 is 10.6 Å². The average Bonchev–Trinajstić information content (AvgIpc) is 3.37. The number of rotatable bonds is 7. The van der Waals surface area contributed by atoms with E-state index in [1.807, 2.05) is 17.5 Å². The fourth-order valence-electron chi connectivity index (χ4n) is 4.43. The number of carbonyl (C=O) groups excluding carboxylic acids is 3. The molecule has 2 N–H and O–H groups in total. The van der Waals surface area contributed by atoms with Gasteiger partial charge in [0.15, 0.2) is 0 Å². The maximum absolute atomic E-state index is 14.1. The largest absolute Gasteiger partial charge is 0.354 e. The zero-order valence-corrected chi connectivity index (χ0v) is 20.6. The van der Waals surface area contributed by atoms with Gasteiger partial charge in [-0.2, -0.15) is 0 Å². The molecule has 0 saturated carbocycles. The van der Waals surface area contributed by atoms with E-state index >= 15 is 0 Å². The van der Waals surface area contributed by atoms with Crippen molar-refractivity contribution in [1.29, 1.82) is 0 Å². The molecular formula is C25H29FN4O3S. The lowest BCUT2D eigenvalue weighted by Gasteiger charge is -2.44. The molecule has 0 saturated heterocycles. The van der Waals surface area contributed by atoms with E-state index < -0.39 is 11.4 Å². The molecule has 0 spiro atoms. The second kappa shape index (κ2) is 9.21. The zero-order valence-electron chi connectivity index (χ0n) is 19.8. The Balaban J connectivity index is 1.85. The van der Waals surface area contributed by atoms with Crippen molar-refractivity contribution in [3.8, 4) is 0 Å². The van der Waals surface area contributed by atoms with E-state index in [9.17, 15) is 18.8 Å². The molecule has 7 nitrogen and oxygen atoms in total. The van der Waals surface area contributed by atoms with Gasteiger partial charge in [0.1, 0.15) is 17.1 Å². The van der Waals surface area contributed by atoms with Gasteiger partial charge in [-0.1, -0.05) is 19.9 Å². The summed E-state index contributed by atoms with van der Waals surface area (Å²) in [6.07, 6.45) is 0.824. The first-order valence-corrected chi connectivity index (χ1v) is 12.2. The monoisotopic (exact) mass is 484 g/mol. The standard InChI is InChI=1S/C25H29FN4O3S/c1-15(2)9-10-27-24(33)25(4)14-29-20-8-7-17(26)12-19(20)21(28-16(3)31)22(29)23(32)30(25)13-18-6-5-11-34-18/h5-8,11-12,15H,9-10,13-14H2,1-4H3,(H,27,33)(H,28,31)/t25-/m1/s1. The zero-order chi connectivity index (χ0) is 24.6. The topological polar surface area (TPSA) is 83.4 Å². The van der Waals surface area contributed by atoms with Crippen LogP contribution in [0.4, 0.5) is 10.1 Å². The number of anilines is 1. The van der Waals surface area contributed by atoms with Gasteiger partial charge in [-0.15, -0.1) is 11.3 Å². The van der Waals surface area contributed by atoms with Crippen LogP contribution in [0.3, 0.4) is 0 Å². The van der Waals surface area contributed by atoms with E-state index in [1.54, 1.807) is 22.5 Å². The third-order valence-electron chi connectivity index (χ3n) is 6.23. The summed E-state index contributed by atoms with van der Waals surface area (Å²) in [5.74, 6) is -1.04. The molecule has 0 radical (unpaired) electrons. The minimum atomic E-state index is -1.18. The Morgan fingerprint density at radius 1 is 1.26 bits per heavy atom. The fourth-order valence-corrected chi connectivity index (χ4v) is 5.12. The Morgan fingerprint density at radius 3 is 2.68 bits per heavy atom. The highest BCUT2D eigenvalue weighted by molar-refractivity contribution is 7.09. The minimum Gasteiger partial charge on any atom is -0.354 e. The Kier molecular flexibility index (Phi) is 6.49. The van der Waals surface area contributed by atoms with Crippen LogP contribution in [-0.2, 0) is 22.7 Å². The molecule has 2 aromatic heterocycles. The Bertz CT molecular complexity index is 1250. The highest BCUT2D eigenvalue weighted by atomic mass is 32.1. The molecule has 1 aromatic carbocycles. The fraction of sp³-hybridized carbons (Fsp3) is 0.400. The number of carbonyl (C=O) groups is 3. The predicted octanol–water partition coefficient (Wildman–Crippen LogP) is 4.38. The summed E-state index contributed by atoms with van der Waals surface area (Å²) in [5, 5.41) is 8.09. The molecule has 0 fully saturated rings. The first-order valence-electron chi connectivity index (χ1n) is 11.3. The van der Waals surface area contributed by atoms with Gasteiger partial charge >= 0.3 is 0 Å². The number of halogens is 1. The molecule has 4 rings (SSSR count). The molecule has 3 heterocycles. The number of nitrogens with zero attached hydrogens (tertiary/aromatic N) is 2. The van der Waals surface area contributed by atoms with Crippen molar-refractivity contribution < 1.29 is 18.8 Å². The Labute approximate surface area is 201 Å². The van der Waals surface area contributed by atoms with Crippen LogP contribution in [-0.4, -0.2) is 39.3 Å². The van der Waals surface area contributed by atoms with Crippen molar-refractivity contribution in [2.75, 3.05) is 11.9 Å². The molecular weight excluding hydrogens is 455 g/mol. The summed E-state index contributed by atoms with van der Waals surface area (Å²) >= 11 is 1.50. The van der Waals surface area contributed by atoms with E-state index in [2.05, 4.69) is 24.5 Å². The van der Waals surface area contributed by atoms with Gasteiger partial charge in [0.2, 0.25) is 11.8 Å². The quantitative estimate of drug-likeness (QED) is 0.522. The maximum Gasteiger partial charge on any atom is 0.273 e. The molecule has 1 aliphatic rings. The van der Waals surface area contributed by atoms with Crippen molar-refractivity contribution in [3.05, 3.63) is 52.1 Å². The Morgan fingerprint density at radius 2 is 2.03 bits per heavy atom. The average molecular weight is 485 g/mol. The first kappa shape index (κ1) is 23.9. The number of fused-ring (bicyclic) bond motifs is 3. The number of benzene rings is 1. The van der Waals surface area contributed by atoms with Crippen LogP contribution in [0.2, 0.25) is 0 Å². The normalized spacial score (nSPS) is 17.8. The summed E-state index contributed by atoms with van der Waals surface area (Å²) in [7, 11) is 0. The van der Waals surface area contributed by atoms with E-state index in [-0.39, 0.29) is 42.2 Å². The van der Waals surface area contributed by atoms with Gasteiger partial charge in [-0.05, 0) is 48.9 Å². The molecule has 0 aliphatic carbocycles. The second-order valence-electron chi connectivity index (χ2n) is 9.34. The molecule has 1 aliphatic heterocycles. The lowest BCUT2D eigenvalue weighted by atomic mass is 9.94. The summed E-state index contributed by atoms with van der Waals surface area (Å²) < 4.78 is 15.9. The maximum atomic E-state index is 14.1. The molecule has 34 heavy (non-hydrogen) atoms. The number of nitrogens with one attached hydrogen (secondary N) is 2. The number of amides is 3. The predicted molar refractivity (Wildman–Crippen MR) is 131 cm³/mol. The number of thiophene rings is 1. The van der Waals surface area contributed by atoms with Crippen LogP contribution in [0.15, 0.2) is 35.7 Å². The van der Waals surface area contributed by atoms with Crippen molar-refractivity contribution in [2.24, 2.45) is 5.92 Å². The van der Waals surface area contributed by atoms with Crippen LogP contribution in [0.5, 0.6) is 0 Å². The molecule has 3 amide bonds. The lowest BCUT2D eigenvalue weighted by molar-refractivity contribution is -0.133. The van der Waals surface area contributed by atoms with Crippen molar-refractivity contribution in [2.45, 2.75) is 52.7 Å². The van der Waals surface area contributed by atoms with Crippen LogP contribution in [0.1, 0.15) is 49.5 Å². The number of hydrogen-bond donors (Lipinski definition) is 2. The van der Waals surface area contributed by atoms with Crippen LogP contribution in [0.25, 0.3) is 10.9 Å². The molecule has 0 bridgehead atoms.